The summed E-state index contributed by atoms with van der Waals surface area (Å²) in [5, 5.41) is 0. The molecule has 1 aliphatic carbocycles. The van der Waals surface area contributed by atoms with Gasteiger partial charge in [0, 0.05) is 43.2 Å². The summed E-state index contributed by atoms with van der Waals surface area (Å²) in [5.41, 5.74) is -2.88. The smallest absolute Gasteiger partial charge is 0.416 e. The first-order chi connectivity index (χ1) is 22.6. The summed E-state index contributed by atoms with van der Waals surface area (Å²) in [6, 6.07) is 0.980. The molecule has 1 aromatic carbocycles. The third-order valence-electron chi connectivity index (χ3n) is 9.64. The summed E-state index contributed by atoms with van der Waals surface area (Å²) < 4.78 is 87.6. The number of benzene rings is 1. The number of guanidine groups is 1. The molecule has 2 heterocycles. The Bertz CT molecular complexity index is 1300. The molecule has 2 aliphatic heterocycles. The summed E-state index contributed by atoms with van der Waals surface area (Å²) in [7, 11) is 0. The third-order valence-corrected chi connectivity index (χ3v) is 10.2. The first-order valence-electron chi connectivity index (χ1n) is 16.9. The average molecular weight is 752 g/mol. The molecule has 7 nitrogen and oxygen atoms in total. The molecule has 1 saturated heterocycles. The van der Waals surface area contributed by atoms with E-state index in [1.165, 1.54) is 0 Å². The van der Waals surface area contributed by atoms with Crippen molar-refractivity contribution < 1.29 is 40.7 Å². The monoisotopic (exact) mass is 750 g/mol. The minimum absolute atomic E-state index is 0.0859. The molecule has 48 heavy (non-hydrogen) atoms. The van der Waals surface area contributed by atoms with E-state index in [1.807, 2.05) is 18.7 Å². The van der Waals surface area contributed by atoms with E-state index in [0.29, 0.717) is 58.1 Å². The molecule has 1 saturated carbocycles. The van der Waals surface area contributed by atoms with Gasteiger partial charge in [0.15, 0.2) is 0 Å². The van der Waals surface area contributed by atoms with Gasteiger partial charge in [-0.25, -0.2) is 9.98 Å². The van der Waals surface area contributed by atoms with Gasteiger partial charge in [0.2, 0.25) is 11.9 Å². The van der Waals surface area contributed by atoms with Crippen LogP contribution in [0.2, 0.25) is 0 Å². The molecule has 1 unspecified atom stereocenters. The Kier molecular flexibility index (Phi) is 13.0. The maximum atomic E-state index is 14.2. The molecule has 4 atom stereocenters. The van der Waals surface area contributed by atoms with E-state index >= 15 is 0 Å². The van der Waals surface area contributed by atoms with Gasteiger partial charge in [-0.05, 0) is 88.0 Å². The molecule has 1 aromatic rings. The number of likely N-dealkylation sites (tertiary alicyclic amines) is 1. The van der Waals surface area contributed by atoms with Gasteiger partial charge < -0.3 is 14.5 Å². The highest BCUT2D eigenvalue weighted by atomic mass is 79.9. The number of alkyl halides is 7. The quantitative estimate of drug-likeness (QED) is 0.137. The Hall–Kier alpha value is -2.64. The summed E-state index contributed by atoms with van der Waals surface area (Å²) in [6.07, 6.45) is -1.99. The van der Waals surface area contributed by atoms with E-state index in [2.05, 4.69) is 25.9 Å². The molecule has 268 valence electrons. The second-order valence-corrected chi connectivity index (χ2v) is 14.3. The van der Waals surface area contributed by atoms with Crippen LogP contribution < -0.4 is 0 Å². The highest BCUT2D eigenvalue weighted by Gasteiger charge is 2.43. The van der Waals surface area contributed by atoms with E-state index in [1.54, 1.807) is 18.0 Å². The van der Waals surface area contributed by atoms with Gasteiger partial charge in [0.1, 0.15) is 0 Å². The Labute approximate surface area is 286 Å². The van der Waals surface area contributed by atoms with Crippen LogP contribution in [-0.2, 0) is 33.2 Å². The lowest BCUT2D eigenvalue weighted by Gasteiger charge is -2.50. The normalized spacial score (nSPS) is 26.6. The van der Waals surface area contributed by atoms with E-state index in [0.717, 1.165) is 31.4 Å². The maximum Gasteiger partial charge on any atom is 0.416 e. The van der Waals surface area contributed by atoms with Crippen molar-refractivity contribution in [3.05, 3.63) is 34.9 Å². The van der Waals surface area contributed by atoms with Crippen LogP contribution in [-0.4, -0.2) is 70.0 Å². The fourth-order valence-electron chi connectivity index (χ4n) is 7.34. The van der Waals surface area contributed by atoms with Crippen LogP contribution in [0.5, 0.6) is 0 Å². The van der Waals surface area contributed by atoms with Gasteiger partial charge in [0.25, 0.3) is 0 Å². The average Bonchev–Trinajstić information content (AvgIpc) is 3.03. The SMILES string of the molecule is CCC[C@H]1C[C@@H](N(Cc2cc(C(F)(F)F)cc(C(F)(F)F)c2)C2=NCC(Br)C=N2)C[C@@H](CC)N1C(=O)C1CCC(CC(=O)OCC)CC1. The van der Waals surface area contributed by atoms with Crippen LogP contribution in [0.3, 0.4) is 0 Å². The third kappa shape index (κ3) is 9.74. The number of hydrogen-bond donors (Lipinski definition) is 0. The number of ether oxygens (including phenoxy) is 1. The number of rotatable bonds is 10. The summed E-state index contributed by atoms with van der Waals surface area (Å²) in [4.78, 5) is 38.8. The Morgan fingerprint density at radius 1 is 0.958 bits per heavy atom. The number of amides is 1. The standard InChI is InChI=1S/C34H45BrF6N4O3/c1-4-7-28-17-29(16-27(5-2)45(28)31(47)23-10-8-21(9-11-23)14-30(46)48-6-3)44(32-42-18-26(35)19-43-32)20-22-12-24(33(36,37)38)15-25(13-22)34(39,40)41/h12-13,15,18,21,23,26-29H,4-11,14,16-17,19-20H2,1-3H3/t21?,23?,26?,27-,28+,29+/m1/s1. The number of carbonyl (C=O) groups excluding carboxylic acids is 2. The summed E-state index contributed by atoms with van der Waals surface area (Å²) in [5.74, 6) is 0.143. The van der Waals surface area contributed by atoms with Gasteiger partial charge >= 0.3 is 18.3 Å². The van der Waals surface area contributed by atoms with Crippen LogP contribution >= 0.6 is 15.9 Å². The van der Waals surface area contributed by atoms with Crippen LogP contribution in [0.4, 0.5) is 26.3 Å². The molecular formula is C34H45BrF6N4O3. The fourth-order valence-corrected chi connectivity index (χ4v) is 7.60. The lowest BCUT2D eigenvalue weighted by molar-refractivity contribution is -0.147. The van der Waals surface area contributed by atoms with Crippen molar-refractivity contribution in [2.75, 3.05) is 13.2 Å². The first kappa shape index (κ1) is 38.2. The molecule has 0 bridgehead atoms. The van der Waals surface area contributed by atoms with Crippen LogP contribution in [0, 0.1) is 11.8 Å². The van der Waals surface area contributed by atoms with E-state index in [-0.39, 0.29) is 70.8 Å². The number of aliphatic imine (C=N–C) groups is 2. The Balaban J connectivity index is 1.61. The van der Waals surface area contributed by atoms with Crippen LogP contribution in [0.1, 0.15) is 102 Å². The molecule has 2 fully saturated rings. The predicted octanol–water partition coefficient (Wildman–Crippen LogP) is 8.43. The number of carbonyl (C=O) groups is 2. The zero-order chi connectivity index (χ0) is 35.2. The lowest BCUT2D eigenvalue weighted by Crippen LogP contribution is -2.58. The number of nitrogens with zero attached hydrogens (tertiary/aromatic N) is 4. The molecule has 0 aromatic heterocycles. The largest absolute Gasteiger partial charge is 0.466 e. The zero-order valence-corrected chi connectivity index (χ0v) is 29.2. The number of halogens is 7. The Morgan fingerprint density at radius 3 is 2.10 bits per heavy atom. The van der Waals surface area contributed by atoms with Crippen molar-refractivity contribution in [3.63, 3.8) is 0 Å². The van der Waals surface area contributed by atoms with Crippen molar-refractivity contribution >= 4 is 40.0 Å². The zero-order valence-electron chi connectivity index (χ0n) is 27.6. The second-order valence-electron chi connectivity index (χ2n) is 13.1. The molecule has 4 rings (SSSR count). The van der Waals surface area contributed by atoms with Crippen LogP contribution in [0.15, 0.2) is 28.2 Å². The van der Waals surface area contributed by atoms with Crippen molar-refractivity contribution in [2.24, 2.45) is 21.8 Å². The second kappa shape index (κ2) is 16.4. The molecule has 0 spiro atoms. The molecule has 3 aliphatic rings. The van der Waals surface area contributed by atoms with E-state index in [4.69, 9.17) is 4.74 Å². The van der Waals surface area contributed by atoms with Gasteiger partial charge in [-0.3, -0.25) is 9.59 Å². The van der Waals surface area contributed by atoms with Gasteiger partial charge in [-0.2, -0.15) is 26.3 Å². The highest BCUT2D eigenvalue weighted by Crippen LogP contribution is 2.40. The van der Waals surface area contributed by atoms with Crippen molar-refractivity contribution in [1.29, 1.82) is 0 Å². The van der Waals surface area contributed by atoms with E-state index in [9.17, 15) is 35.9 Å². The minimum atomic E-state index is -4.96. The Morgan fingerprint density at radius 2 is 1.58 bits per heavy atom. The molecule has 0 N–H and O–H groups in total. The molecule has 0 radical (unpaired) electrons. The van der Waals surface area contributed by atoms with Gasteiger partial charge in [-0.1, -0.05) is 36.2 Å². The first-order valence-corrected chi connectivity index (χ1v) is 17.8. The van der Waals surface area contributed by atoms with Gasteiger partial charge in [0.05, 0.1) is 29.1 Å². The summed E-state index contributed by atoms with van der Waals surface area (Å²) in [6.45, 7) is 6.19. The lowest BCUT2D eigenvalue weighted by atomic mass is 9.78. The van der Waals surface area contributed by atoms with Crippen molar-refractivity contribution in [3.8, 4) is 0 Å². The molecule has 1 amide bonds. The highest BCUT2D eigenvalue weighted by molar-refractivity contribution is 9.10. The number of piperidine rings is 1. The van der Waals surface area contributed by atoms with Crippen molar-refractivity contribution in [2.45, 2.75) is 127 Å². The molecule has 14 heteroatoms. The van der Waals surface area contributed by atoms with Crippen molar-refractivity contribution in [1.82, 2.24) is 9.80 Å². The number of hydrogen-bond acceptors (Lipinski definition) is 6. The van der Waals surface area contributed by atoms with Gasteiger partial charge in [-0.15, -0.1) is 0 Å². The molecular weight excluding hydrogens is 706 g/mol. The topological polar surface area (TPSA) is 74.6 Å². The maximum absolute atomic E-state index is 14.2. The number of esters is 1. The summed E-state index contributed by atoms with van der Waals surface area (Å²) >= 11 is 3.43. The van der Waals surface area contributed by atoms with Crippen LogP contribution in [0.25, 0.3) is 0 Å². The minimum Gasteiger partial charge on any atom is -0.466 e. The fraction of sp³-hybridized carbons (Fsp3) is 0.706. The predicted molar refractivity (Wildman–Crippen MR) is 175 cm³/mol. The van der Waals surface area contributed by atoms with E-state index < -0.39 is 23.5 Å².